The first-order valence-corrected chi connectivity index (χ1v) is 10.6. The Hall–Kier alpha value is -3.22. The van der Waals surface area contributed by atoms with Crippen molar-refractivity contribution in [1.82, 2.24) is 19.8 Å². The minimum Gasteiger partial charge on any atom is -0.400 e. The van der Waals surface area contributed by atoms with E-state index in [1.54, 1.807) is 13.1 Å². The molecule has 1 aromatic heterocycles. The van der Waals surface area contributed by atoms with Crippen LogP contribution in [0.5, 0.6) is 0 Å². The van der Waals surface area contributed by atoms with Gasteiger partial charge in [0.2, 0.25) is 11.8 Å². The van der Waals surface area contributed by atoms with Gasteiger partial charge in [0.1, 0.15) is 12.3 Å². The number of amides is 2. The third-order valence-corrected chi connectivity index (χ3v) is 6.13. The Morgan fingerprint density at radius 2 is 1.91 bits per heavy atom. The second-order valence-electron chi connectivity index (χ2n) is 8.09. The molecule has 1 aromatic carbocycles. The van der Waals surface area contributed by atoms with E-state index in [0.717, 1.165) is 44.9 Å². The Kier molecular flexibility index (Phi) is 7.28. The van der Waals surface area contributed by atoms with Crippen molar-refractivity contribution >= 4 is 29.1 Å². The van der Waals surface area contributed by atoms with Crippen LogP contribution in [0.25, 0.3) is 11.0 Å². The predicted molar refractivity (Wildman–Crippen MR) is 119 cm³/mol. The topological polar surface area (TPSA) is 122 Å². The van der Waals surface area contributed by atoms with E-state index >= 15 is 0 Å². The van der Waals surface area contributed by atoms with Gasteiger partial charge >= 0.3 is 5.69 Å². The summed E-state index contributed by atoms with van der Waals surface area (Å²) in [5.74, 6) is 5.49. The molecule has 1 unspecified atom stereocenters. The fourth-order valence-corrected chi connectivity index (χ4v) is 4.25. The number of rotatable bonds is 3. The lowest BCUT2D eigenvalue weighted by Crippen LogP contribution is -2.44. The summed E-state index contributed by atoms with van der Waals surface area (Å²) in [6, 6.07) is 4.71. The largest absolute Gasteiger partial charge is 0.400 e. The van der Waals surface area contributed by atoms with E-state index in [9.17, 15) is 19.2 Å². The van der Waals surface area contributed by atoms with Gasteiger partial charge in [0.15, 0.2) is 0 Å². The molecule has 2 fully saturated rings. The predicted octanol–water partition coefficient (Wildman–Crippen LogP) is 0.237. The summed E-state index contributed by atoms with van der Waals surface area (Å²) in [6.45, 7) is 1.64. The number of nitrogens with zero attached hydrogens (tertiary/aromatic N) is 2. The average Bonchev–Trinajstić information content (AvgIpc) is 3.06. The van der Waals surface area contributed by atoms with E-state index in [1.165, 1.54) is 9.13 Å². The third kappa shape index (κ3) is 4.52. The molecule has 0 spiro atoms. The highest BCUT2D eigenvalue weighted by Gasteiger charge is 2.32. The Morgan fingerprint density at radius 1 is 1.19 bits per heavy atom. The molecule has 4 rings (SSSR count). The summed E-state index contributed by atoms with van der Waals surface area (Å²) >= 11 is 0. The molecule has 2 aliphatic heterocycles. The van der Waals surface area contributed by atoms with Crippen LogP contribution in [0.15, 0.2) is 23.0 Å². The van der Waals surface area contributed by atoms with Crippen LogP contribution < -0.4 is 16.3 Å². The number of aliphatic hydroxyl groups excluding tert-OH is 1. The second-order valence-corrected chi connectivity index (χ2v) is 8.09. The average molecular weight is 441 g/mol. The maximum absolute atomic E-state index is 12.8. The van der Waals surface area contributed by atoms with Gasteiger partial charge in [-0.05, 0) is 50.6 Å². The standard InChI is InChI=1S/C22H24N4O4.CH4O/c1-25-18-13-15(3-2-8-22(14-27)9-11-23-12-10-22)4-5-16(18)26(21(25)30)17-6-7-19(28)24-20(17)29;1-2/h4-5,13-14,17,23H,6-12H2,1H3,(H,24,28,29);2H,1H3. The molecule has 3 heterocycles. The Balaban J connectivity index is 0.00000141. The summed E-state index contributed by atoms with van der Waals surface area (Å²) in [6.07, 6.45) is 3.62. The van der Waals surface area contributed by atoms with E-state index < -0.39 is 11.9 Å². The number of aliphatic hydroxyl groups is 1. The van der Waals surface area contributed by atoms with Gasteiger partial charge in [0.05, 0.1) is 11.0 Å². The fourth-order valence-electron chi connectivity index (χ4n) is 4.25. The minimum atomic E-state index is -0.705. The number of hydrogen-bond acceptors (Lipinski definition) is 6. The van der Waals surface area contributed by atoms with Crippen molar-refractivity contribution in [1.29, 1.82) is 0 Å². The first-order valence-electron chi connectivity index (χ1n) is 10.6. The summed E-state index contributed by atoms with van der Waals surface area (Å²) in [5, 5.41) is 12.6. The number of imide groups is 1. The fraction of sp³-hybridized carbons (Fsp3) is 0.478. The van der Waals surface area contributed by atoms with Gasteiger partial charge in [0.25, 0.3) is 0 Å². The molecule has 0 aliphatic carbocycles. The van der Waals surface area contributed by atoms with Crippen molar-refractivity contribution in [3.8, 4) is 11.8 Å². The van der Waals surface area contributed by atoms with Crippen molar-refractivity contribution in [2.45, 2.75) is 38.1 Å². The van der Waals surface area contributed by atoms with Crippen LogP contribution in [0.4, 0.5) is 0 Å². The molecule has 170 valence electrons. The molecular weight excluding hydrogens is 412 g/mol. The Bertz CT molecular complexity index is 1140. The molecule has 0 saturated carbocycles. The molecule has 0 bridgehead atoms. The zero-order valence-corrected chi connectivity index (χ0v) is 18.3. The molecule has 2 aromatic rings. The summed E-state index contributed by atoms with van der Waals surface area (Å²) in [4.78, 5) is 48.1. The number of piperidine rings is 2. The first-order chi connectivity index (χ1) is 15.4. The molecule has 9 nitrogen and oxygen atoms in total. The van der Waals surface area contributed by atoms with E-state index in [-0.39, 0.29) is 23.4 Å². The number of benzene rings is 1. The highest BCUT2D eigenvalue weighted by atomic mass is 16.2. The van der Waals surface area contributed by atoms with Gasteiger partial charge in [-0.1, -0.05) is 11.8 Å². The number of aldehydes is 1. The monoisotopic (exact) mass is 440 g/mol. The van der Waals surface area contributed by atoms with Gasteiger partial charge in [0, 0.05) is 38.0 Å². The van der Waals surface area contributed by atoms with Crippen LogP contribution in [0.2, 0.25) is 0 Å². The summed E-state index contributed by atoms with van der Waals surface area (Å²) in [7, 11) is 2.65. The maximum Gasteiger partial charge on any atom is 0.329 e. The van der Waals surface area contributed by atoms with Crippen molar-refractivity contribution in [2.75, 3.05) is 20.2 Å². The van der Waals surface area contributed by atoms with Crippen molar-refractivity contribution < 1.29 is 19.5 Å². The van der Waals surface area contributed by atoms with Gasteiger partial charge < -0.3 is 15.2 Å². The molecule has 2 amide bonds. The highest BCUT2D eigenvalue weighted by molar-refractivity contribution is 6.00. The van der Waals surface area contributed by atoms with E-state index in [2.05, 4.69) is 22.5 Å². The number of carbonyl (C=O) groups excluding carboxylic acids is 3. The number of carbonyl (C=O) groups is 3. The van der Waals surface area contributed by atoms with Crippen LogP contribution in [-0.4, -0.2) is 52.5 Å². The zero-order valence-electron chi connectivity index (χ0n) is 18.3. The van der Waals surface area contributed by atoms with E-state index in [0.29, 0.717) is 23.9 Å². The first kappa shape index (κ1) is 23.4. The van der Waals surface area contributed by atoms with E-state index in [4.69, 9.17) is 5.11 Å². The molecule has 32 heavy (non-hydrogen) atoms. The molecule has 0 radical (unpaired) electrons. The number of nitrogens with one attached hydrogen (secondary N) is 2. The SMILES string of the molecule is CO.Cn1c(=O)n(C2CCC(=O)NC2=O)c2ccc(C#CCC3(C=O)CCNCC3)cc21. The number of imidazole rings is 1. The van der Waals surface area contributed by atoms with Crippen LogP contribution >= 0.6 is 0 Å². The van der Waals surface area contributed by atoms with Crippen LogP contribution in [0.3, 0.4) is 0 Å². The maximum atomic E-state index is 12.8. The van der Waals surface area contributed by atoms with Gasteiger partial charge in [-0.15, -0.1) is 0 Å². The van der Waals surface area contributed by atoms with Gasteiger partial charge in [-0.2, -0.15) is 0 Å². The molecular formula is C23H28N4O5. The Morgan fingerprint density at radius 3 is 2.56 bits per heavy atom. The number of fused-ring (bicyclic) bond motifs is 1. The van der Waals surface area contributed by atoms with E-state index in [1.807, 2.05) is 12.1 Å². The summed E-state index contributed by atoms with van der Waals surface area (Å²) in [5.41, 5.74) is 1.35. The van der Waals surface area contributed by atoms with Crippen LogP contribution in [0.1, 0.15) is 43.7 Å². The molecule has 1 atom stereocenters. The lowest BCUT2D eigenvalue weighted by Gasteiger charge is -2.30. The van der Waals surface area contributed by atoms with Crippen molar-refractivity contribution in [3.05, 3.63) is 34.2 Å². The van der Waals surface area contributed by atoms with Crippen LogP contribution in [-0.2, 0) is 21.4 Å². The lowest BCUT2D eigenvalue weighted by molar-refractivity contribution is -0.135. The van der Waals surface area contributed by atoms with Crippen LogP contribution in [0, 0.1) is 17.3 Å². The minimum absolute atomic E-state index is 0.205. The molecule has 2 aliphatic rings. The highest BCUT2D eigenvalue weighted by Crippen LogP contribution is 2.29. The zero-order chi connectivity index (χ0) is 23.3. The second kappa shape index (κ2) is 9.94. The normalized spacial score (nSPS) is 19.9. The number of aryl methyl sites for hydroxylation is 1. The molecule has 2 saturated heterocycles. The third-order valence-electron chi connectivity index (χ3n) is 6.13. The Labute approximate surface area is 185 Å². The smallest absolute Gasteiger partial charge is 0.329 e. The number of hydrogen-bond donors (Lipinski definition) is 3. The van der Waals surface area contributed by atoms with Gasteiger partial charge in [-0.3, -0.25) is 24.0 Å². The van der Waals surface area contributed by atoms with Gasteiger partial charge in [-0.25, -0.2) is 4.79 Å². The molecule has 9 heteroatoms. The van der Waals surface area contributed by atoms with Crippen molar-refractivity contribution in [2.24, 2.45) is 12.5 Å². The van der Waals surface area contributed by atoms with Crippen molar-refractivity contribution in [3.63, 3.8) is 0 Å². The quantitative estimate of drug-likeness (QED) is 0.357. The summed E-state index contributed by atoms with van der Waals surface area (Å²) < 4.78 is 2.94. The lowest BCUT2D eigenvalue weighted by atomic mass is 9.78. The number of aromatic nitrogens is 2. The molecule has 3 N–H and O–H groups in total.